The number of rotatable bonds is 9. The lowest BCUT2D eigenvalue weighted by Crippen LogP contribution is -2.70. The topological polar surface area (TPSA) is 151 Å². The van der Waals surface area contributed by atoms with Crippen molar-refractivity contribution >= 4 is 5.97 Å². The summed E-state index contributed by atoms with van der Waals surface area (Å²) in [5.74, 6) is -4.59. The van der Waals surface area contributed by atoms with Crippen LogP contribution in [-0.2, 0) is 16.0 Å². The van der Waals surface area contributed by atoms with E-state index in [-0.39, 0.29) is 12.0 Å². The van der Waals surface area contributed by atoms with E-state index in [9.17, 15) is 30.1 Å². The molecule has 1 fully saturated rings. The fraction of sp³-hybridized carbons (Fsp3) is 0.406. The van der Waals surface area contributed by atoms with Crippen LogP contribution in [0.5, 0.6) is 11.5 Å². The lowest BCUT2D eigenvalue weighted by molar-refractivity contribution is -0.594. The number of nitrogens with zero attached hydrogens (tertiary/aromatic N) is 2. The maximum Gasteiger partial charge on any atom is 0.346 e. The number of esters is 1. The van der Waals surface area contributed by atoms with Crippen molar-refractivity contribution in [3.63, 3.8) is 0 Å². The minimum Gasteiger partial charge on any atom is -0.497 e. The highest BCUT2D eigenvalue weighted by atomic mass is 16.6. The Hall–Kier alpha value is -4.51. The predicted octanol–water partition coefficient (Wildman–Crippen LogP) is 4.81. The van der Waals surface area contributed by atoms with Crippen molar-refractivity contribution in [3.05, 3.63) is 116 Å². The predicted molar refractivity (Wildman–Crippen MR) is 157 cm³/mol. The van der Waals surface area contributed by atoms with Crippen molar-refractivity contribution in [1.82, 2.24) is 0 Å². The number of aliphatic hydroxyl groups is 1. The second-order valence-corrected chi connectivity index (χ2v) is 11.7. The molecule has 11 heteroatoms. The number of hydrogen-bond donors (Lipinski definition) is 1. The van der Waals surface area contributed by atoms with Crippen LogP contribution in [0.25, 0.3) is 0 Å². The standard InChI is InChI=1S/C32H36N2O9/c1-31(2,3)43-30(35)32(36)25(17-20-11-7-6-8-12-20)26(21-13-9-15-23(18-21)41-4)28(33(37)38)27(29(32)34(39)40)22-14-10-16-24(19-22)42-5/h6-16,18-19,25-29,36H,17H2,1-5H3/t25-,26+,27-,28+,29+,32-/m1/s1. The van der Waals surface area contributed by atoms with Crippen molar-refractivity contribution in [2.45, 2.75) is 62.3 Å². The lowest BCUT2D eigenvalue weighted by atomic mass is 9.55. The molecule has 1 N–H and O–H groups in total. The Morgan fingerprint density at radius 3 is 1.84 bits per heavy atom. The van der Waals surface area contributed by atoms with Crippen LogP contribution < -0.4 is 9.47 Å². The van der Waals surface area contributed by atoms with Gasteiger partial charge in [0.25, 0.3) is 6.04 Å². The number of methoxy groups -OCH3 is 2. The number of ether oxygens (including phenoxy) is 3. The molecule has 0 heterocycles. The molecule has 0 spiro atoms. The van der Waals surface area contributed by atoms with E-state index in [1.165, 1.54) is 26.4 Å². The highest BCUT2D eigenvalue weighted by Gasteiger charge is 2.73. The van der Waals surface area contributed by atoms with Crippen LogP contribution in [0.4, 0.5) is 0 Å². The lowest BCUT2D eigenvalue weighted by Gasteiger charge is -2.48. The van der Waals surface area contributed by atoms with Crippen molar-refractivity contribution in [2.75, 3.05) is 14.2 Å². The van der Waals surface area contributed by atoms with Gasteiger partial charge in [-0.15, -0.1) is 0 Å². The SMILES string of the molecule is COc1cccc([C@@H]2[C@H]([N+](=O)[O-])[C@@H](c3cccc(OC)c3)[C@H]([N+](=O)[O-])[C@@](O)(C(=O)OC(C)(C)C)[C@@H]2Cc2ccccc2)c1. The summed E-state index contributed by atoms with van der Waals surface area (Å²) in [4.78, 5) is 39.0. The molecule has 43 heavy (non-hydrogen) atoms. The van der Waals surface area contributed by atoms with Gasteiger partial charge in [0.15, 0.2) is 0 Å². The van der Waals surface area contributed by atoms with Crippen molar-refractivity contribution in [1.29, 1.82) is 0 Å². The van der Waals surface area contributed by atoms with Gasteiger partial charge < -0.3 is 19.3 Å². The molecular weight excluding hydrogens is 556 g/mol. The molecule has 1 aliphatic carbocycles. The van der Waals surface area contributed by atoms with E-state index in [0.29, 0.717) is 22.6 Å². The molecule has 0 aromatic heterocycles. The van der Waals surface area contributed by atoms with Gasteiger partial charge in [0.05, 0.1) is 20.1 Å². The molecule has 11 nitrogen and oxygen atoms in total. The molecule has 0 unspecified atom stereocenters. The van der Waals surface area contributed by atoms with Gasteiger partial charge in [-0.1, -0.05) is 54.6 Å². The Morgan fingerprint density at radius 2 is 1.37 bits per heavy atom. The zero-order valence-corrected chi connectivity index (χ0v) is 24.7. The molecule has 4 rings (SSSR count). The molecule has 0 amide bonds. The van der Waals surface area contributed by atoms with Crippen LogP contribution in [0.1, 0.15) is 49.3 Å². The number of carbonyl (C=O) groups excluding carboxylic acids is 1. The first-order chi connectivity index (χ1) is 20.3. The van der Waals surface area contributed by atoms with Gasteiger partial charge >= 0.3 is 5.97 Å². The molecule has 0 aliphatic heterocycles. The van der Waals surface area contributed by atoms with E-state index in [0.717, 1.165) is 0 Å². The highest BCUT2D eigenvalue weighted by molar-refractivity contribution is 5.82. The van der Waals surface area contributed by atoms with E-state index >= 15 is 0 Å². The molecule has 1 saturated carbocycles. The number of nitro groups is 2. The van der Waals surface area contributed by atoms with E-state index in [1.807, 2.05) is 0 Å². The summed E-state index contributed by atoms with van der Waals surface area (Å²) in [5.41, 5.74) is -2.72. The van der Waals surface area contributed by atoms with Crippen molar-refractivity contribution in [3.8, 4) is 11.5 Å². The Bertz CT molecular complexity index is 1470. The van der Waals surface area contributed by atoms with Gasteiger partial charge in [-0.05, 0) is 68.1 Å². The Morgan fingerprint density at radius 1 is 0.837 bits per heavy atom. The summed E-state index contributed by atoms with van der Waals surface area (Å²) in [7, 11) is 2.85. The second-order valence-electron chi connectivity index (χ2n) is 11.7. The third-order valence-corrected chi connectivity index (χ3v) is 7.98. The normalized spacial score (nSPS) is 25.4. The van der Waals surface area contributed by atoms with Gasteiger partial charge in [0.1, 0.15) is 23.0 Å². The molecule has 3 aromatic rings. The van der Waals surface area contributed by atoms with E-state index in [2.05, 4.69) is 0 Å². The summed E-state index contributed by atoms with van der Waals surface area (Å²) < 4.78 is 16.4. The molecule has 228 valence electrons. The zero-order chi connectivity index (χ0) is 31.5. The Labute approximate surface area is 249 Å². The first kappa shape index (κ1) is 31.4. The largest absolute Gasteiger partial charge is 0.497 e. The van der Waals surface area contributed by atoms with Crippen LogP contribution in [0.3, 0.4) is 0 Å². The summed E-state index contributed by atoms with van der Waals surface area (Å²) in [5, 5.41) is 38.9. The van der Waals surface area contributed by atoms with Gasteiger partial charge in [-0.3, -0.25) is 20.2 Å². The van der Waals surface area contributed by atoms with E-state index < -0.39 is 56.9 Å². The van der Waals surface area contributed by atoms with E-state index in [1.54, 1.807) is 87.5 Å². The molecule has 6 atom stereocenters. The van der Waals surface area contributed by atoms with Gasteiger partial charge in [-0.25, -0.2) is 4.79 Å². The maximum atomic E-state index is 14.1. The number of carbonyl (C=O) groups is 1. The first-order valence-corrected chi connectivity index (χ1v) is 13.9. The van der Waals surface area contributed by atoms with Crippen molar-refractivity contribution < 1.29 is 34.0 Å². The monoisotopic (exact) mass is 592 g/mol. The van der Waals surface area contributed by atoms with Gasteiger partial charge in [0, 0.05) is 15.8 Å². The summed E-state index contributed by atoms with van der Waals surface area (Å²) >= 11 is 0. The van der Waals surface area contributed by atoms with Crippen LogP contribution in [0.2, 0.25) is 0 Å². The molecular formula is C32H36N2O9. The Kier molecular flexibility index (Phi) is 9.05. The third kappa shape index (κ3) is 6.31. The highest BCUT2D eigenvalue weighted by Crippen LogP contribution is 2.54. The first-order valence-electron chi connectivity index (χ1n) is 13.9. The third-order valence-electron chi connectivity index (χ3n) is 7.98. The molecule has 1 aliphatic rings. The quantitative estimate of drug-likeness (QED) is 0.210. The van der Waals surface area contributed by atoms with Gasteiger partial charge in [-0.2, -0.15) is 0 Å². The van der Waals surface area contributed by atoms with E-state index in [4.69, 9.17) is 14.2 Å². The van der Waals surface area contributed by atoms with Crippen LogP contribution in [0.15, 0.2) is 78.9 Å². The fourth-order valence-corrected chi connectivity index (χ4v) is 6.26. The van der Waals surface area contributed by atoms with Gasteiger partial charge in [0.2, 0.25) is 11.6 Å². The van der Waals surface area contributed by atoms with Crippen molar-refractivity contribution in [2.24, 2.45) is 5.92 Å². The molecule has 0 saturated heterocycles. The minimum atomic E-state index is -2.79. The molecule has 0 bridgehead atoms. The average Bonchev–Trinajstić information content (AvgIpc) is 2.97. The maximum absolute atomic E-state index is 14.1. The fourth-order valence-electron chi connectivity index (χ4n) is 6.26. The van der Waals surface area contributed by atoms with Crippen LogP contribution in [-0.4, -0.2) is 58.4 Å². The Balaban J connectivity index is 2.11. The summed E-state index contributed by atoms with van der Waals surface area (Å²) in [6, 6.07) is 17.7. The van der Waals surface area contributed by atoms with Crippen LogP contribution >= 0.6 is 0 Å². The second kappa shape index (κ2) is 12.4. The summed E-state index contributed by atoms with van der Waals surface area (Å²) in [6.45, 7) is 4.76. The summed E-state index contributed by atoms with van der Waals surface area (Å²) in [6.07, 6.45) is -0.0853. The molecule has 3 aromatic carbocycles. The average molecular weight is 593 g/mol. The van der Waals surface area contributed by atoms with Crippen LogP contribution in [0, 0.1) is 26.1 Å². The molecule has 0 radical (unpaired) electrons. The smallest absolute Gasteiger partial charge is 0.346 e. The number of benzene rings is 3. The zero-order valence-electron chi connectivity index (χ0n) is 24.7. The number of hydrogen-bond acceptors (Lipinski definition) is 9. The minimum absolute atomic E-state index is 0.0853.